The molecule has 1 saturated heterocycles. The SMILES string of the molecule is O=C([O-])C1CCCN1P(=O)([O-])[O-].[Li+].[Li+].[Li+]. The van der Waals surface area contributed by atoms with Crippen molar-refractivity contribution in [1.82, 2.24) is 4.67 Å². The van der Waals surface area contributed by atoms with Crippen LogP contribution in [0, 0.1) is 0 Å². The van der Waals surface area contributed by atoms with Crippen molar-refractivity contribution in [3.8, 4) is 0 Å². The van der Waals surface area contributed by atoms with Gasteiger partial charge < -0.3 is 24.3 Å². The van der Waals surface area contributed by atoms with E-state index in [4.69, 9.17) is 0 Å². The molecular weight excluding hydrogens is 206 g/mol. The third-order valence-electron chi connectivity index (χ3n) is 1.81. The summed E-state index contributed by atoms with van der Waals surface area (Å²) in [6, 6.07) is -1.26. The van der Waals surface area contributed by atoms with Crippen LogP contribution in [0.25, 0.3) is 0 Å². The van der Waals surface area contributed by atoms with E-state index in [0.717, 1.165) is 0 Å². The molecule has 0 aromatic rings. The normalized spacial score (nSPS) is 20.8. The minimum atomic E-state index is -4.91. The molecule has 0 bridgehead atoms. The summed E-state index contributed by atoms with van der Waals surface area (Å²) in [5.74, 6) is -1.50. The number of carboxylic acid groups (broad SMARTS) is 1. The van der Waals surface area contributed by atoms with E-state index in [1.807, 2.05) is 0 Å². The number of carboxylic acids is 1. The molecule has 0 radical (unpaired) electrons. The van der Waals surface area contributed by atoms with Gasteiger partial charge in [0.15, 0.2) is 0 Å². The smallest absolute Gasteiger partial charge is 0.799 e. The maximum atomic E-state index is 10.5. The molecule has 1 fully saturated rings. The van der Waals surface area contributed by atoms with Crippen molar-refractivity contribution in [2.45, 2.75) is 18.9 Å². The van der Waals surface area contributed by atoms with Gasteiger partial charge in [-0.25, -0.2) is 0 Å². The Bertz CT molecular complexity index is 247. The second kappa shape index (κ2) is 8.46. The first kappa shape index (κ1) is 21.6. The molecule has 1 aliphatic rings. The van der Waals surface area contributed by atoms with Gasteiger partial charge in [-0.1, -0.05) is 0 Å². The summed E-state index contributed by atoms with van der Waals surface area (Å²) in [7, 11) is -4.91. The molecule has 1 atom stereocenters. The zero-order chi connectivity index (χ0) is 9.35. The molecule has 1 aliphatic heterocycles. The van der Waals surface area contributed by atoms with Gasteiger partial charge >= 0.3 is 56.6 Å². The van der Waals surface area contributed by atoms with Crippen molar-refractivity contribution in [2.75, 3.05) is 6.54 Å². The summed E-state index contributed by atoms with van der Waals surface area (Å²) in [6.07, 6.45) is 0.559. The predicted molar refractivity (Wildman–Crippen MR) is 32.3 cm³/mol. The Balaban J connectivity index is -0.000000480. The van der Waals surface area contributed by atoms with E-state index >= 15 is 0 Å². The van der Waals surface area contributed by atoms with E-state index in [9.17, 15) is 24.3 Å². The first-order chi connectivity index (χ1) is 5.43. The van der Waals surface area contributed by atoms with Gasteiger partial charge in [0.1, 0.15) is 0 Å². The van der Waals surface area contributed by atoms with Crippen molar-refractivity contribution in [3.05, 3.63) is 0 Å². The molecule has 70 valence electrons. The fourth-order valence-electron chi connectivity index (χ4n) is 1.28. The quantitative estimate of drug-likeness (QED) is 0.333. The number of nitrogens with zero attached hydrogens (tertiary/aromatic N) is 1. The van der Waals surface area contributed by atoms with Crippen molar-refractivity contribution >= 4 is 13.7 Å². The monoisotopic (exact) mass is 213 g/mol. The fraction of sp³-hybridized carbons (Fsp3) is 0.800. The molecule has 0 aromatic carbocycles. The Hall–Kier alpha value is 1.37. The van der Waals surface area contributed by atoms with E-state index in [0.29, 0.717) is 11.1 Å². The molecule has 0 saturated carbocycles. The zero-order valence-electron chi connectivity index (χ0n) is 9.13. The van der Waals surface area contributed by atoms with Crippen LogP contribution in [-0.2, 0) is 9.36 Å². The average Bonchev–Trinajstić information content (AvgIpc) is 2.30. The van der Waals surface area contributed by atoms with Gasteiger partial charge in [0.2, 0.25) is 0 Å². The summed E-state index contributed by atoms with van der Waals surface area (Å²) < 4.78 is 10.9. The predicted octanol–water partition coefficient (Wildman–Crippen LogP) is -12.0. The molecule has 0 aliphatic carbocycles. The summed E-state index contributed by atoms with van der Waals surface area (Å²) in [6.45, 7) is -0.0110. The number of carbonyl (C=O) groups is 1. The number of hydrogen-bond acceptors (Lipinski definition) is 5. The van der Waals surface area contributed by atoms with Crippen molar-refractivity contribution < 1.29 is 80.8 Å². The van der Waals surface area contributed by atoms with Gasteiger partial charge in [-0.05, 0) is 12.8 Å². The zero-order valence-corrected chi connectivity index (χ0v) is 10.0. The van der Waals surface area contributed by atoms with Crippen LogP contribution in [0.2, 0.25) is 0 Å². The maximum Gasteiger partial charge on any atom is 1.00 e. The molecule has 10 heteroatoms. The molecule has 0 spiro atoms. The molecule has 0 amide bonds. The standard InChI is InChI=1S/C5H10NO5P.3Li/c7-5(8)4-2-1-3-6(4)12(9,10)11;;;/h4H,1-3H2,(H,7,8)(H2,9,10,11);;;/q;3*+1/p-3. The van der Waals surface area contributed by atoms with Crippen LogP contribution in [-0.4, -0.2) is 23.2 Å². The van der Waals surface area contributed by atoms with Crippen LogP contribution in [0.5, 0.6) is 0 Å². The second-order valence-electron chi connectivity index (χ2n) is 2.61. The fourth-order valence-corrected chi connectivity index (χ4v) is 2.22. The van der Waals surface area contributed by atoms with Gasteiger partial charge in [-0.15, -0.1) is 0 Å². The van der Waals surface area contributed by atoms with Gasteiger partial charge in [-0.3, -0.25) is 4.67 Å². The van der Waals surface area contributed by atoms with Gasteiger partial charge in [0.25, 0.3) is 0 Å². The Morgan fingerprint density at radius 2 is 1.73 bits per heavy atom. The number of hydrogen-bond donors (Lipinski definition) is 0. The van der Waals surface area contributed by atoms with E-state index in [1.54, 1.807) is 0 Å². The van der Waals surface area contributed by atoms with Crippen LogP contribution in [0.15, 0.2) is 0 Å². The van der Waals surface area contributed by atoms with Gasteiger partial charge in [-0.2, -0.15) is 0 Å². The molecule has 0 N–H and O–H groups in total. The third-order valence-corrected chi connectivity index (χ3v) is 2.92. The Morgan fingerprint density at radius 1 is 1.27 bits per heavy atom. The third kappa shape index (κ3) is 6.02. The minimum absolute atomic E-state index is 0. The summed E-state index contributed by atoms with van der Waals surface area (Å²) >= 11 is 0. The van der Waals surface area contributed by atoms with Crippen molar-refractivity contribution in [2.24, 2.45) is 0 Å². The number of rotatable bonds is 2. The number of carbonyl (C=O) groups excluding carboxylic acids is 1. The van der Waals surface area contributed by atoms with Crippen molar-refractivity contribution in [3.63, 3.8) is 0 Å². The van der Waals surface area contributed by atoms with Crippen LogP contribution in [0.4, 0.5) is 0 Å². The van der Waals surface area contributed by atoms with E-state index in [2.05, 4.69) is 0 Å². The van der Waals surface area contributed by atoms with Crippen LogP contribution in [0.3, 0.4) is 0 Å². The van der Waals surface area contributed by atoms with E-state index < -0.39 is 19.8 Å². The topological polar surface area (TPSA) is 107 Å². The molecule has 1 heterocycles. The van der Waals surface area contributed by atoms with Gasteiger partial charge in [0.05, 0.1) is 12.0 Å². The van der Waals surface area contributed by atoms with Crippen LogP contribution >= 0.6 is 7.75 Å². The maximum absolute atomic E-state index is 10.5. The molecule has 1 unspecified atom stereocenters. The largest absolute Gasteiger partial charge is 1.00 e. The van der Waals surface area contributed by atoms with Crippen LogP contribution in [0.1, 0.15) is 12.8 Å². The molecule has 1 rings (SSSR count). The van der Waals surface area contributed by atoms with E-state index in [-0.39, 0.29) is 69.5 Å². The van der Waals surface area contributed by atoms with Gasteiger partial charge in [0, 0.05) is 14.3 Å². The first-order valence-corrected chi connectivity index (χ1v) is 4.92. The Labute approximate surface area is 124 Å². The molecule has 15 heavy (non-hydrogen) atoms. The molecule has 6 nitrogen and oxygen atoms in total. The first-order valence-electron chi connectivity index (χ1n) is 3.43. The number of aliphatic carboxylic acids is 1. The molecule has 0 aromatic heterocycles. The summed E-state index contributed by atoms with van der Waals surface area (Å²) in [5, 5.41) is 10.3. The van der Waals surface area contributed by atoms with Crippen molar-refractivity contribution in [1.29, 1.82) is 0 Å². The second-order valence-corrected chi connectivity index (χ2v) is 4.06. The Morgan fingerprint density at radius 3 is 2.00 bits per heavy atom. The summed E-state index contributed by atoms with van der Waals surface area (Å²) in [5.41, 5.74) is 0. The van der Waals surface area contributed by atoms with E-state index in [1.165, 1.54) is 0 Å². The Kier molecular flexibility index (Phi) is 12.2. The minimum Gasteiger partial charge on any atom is -0.799 e. The molecular formula is C5H7Li3NO5P. The average molecular weight is 213 g/mol. The summed E-state index contributed by atoms with van der Waals surface area (Å²) in [4.78, 5) is 31.2. The van der Waals surface area contributed by atoms with Crippen LogP contribution < -0.4 is 71.5 Å².